The number of amides is 1. The number of rotatable bonds is 18. The van der Waals surface area contributed by atoms with Crippen molar-refractivity contribution < 1.29 is 28.6 Å². The summed E-state index contributed by atoms with van der Waals surface area (Å²) in [5.74, 6) is -1.66. The number of aryl methyl sites for hydroxylation is 4. The number of aliphatic carboxylic acids is 1. The Labute approximate surface area is 336 Å². The number of anilines is 2. The van der Waals surface area contributed by atoms with E-state index in [1.165, 1.54) is 19.2 Å². The van der Waals surface area contributed by atoms with Crippen LogP contribution in [0.3, 0.4) is 0 Å². The van der Waals surface area contributed by atoms with Gasteiger partial charge >= 0.3 is 11.9 Å². The SMILES string of the molecule is CNc1cccc(CCCc2ccc(C[C@H](N)C(=O)OC)nc2)n1.CNc1cccc(CCCc2ccc(C[C@H](NC(=O)c3c(F)cccc3Cl)C(=O)O)nc2)n1. The monoisotopic (exact) mass is 798 g/mol. The van der Waals surface area contributed by atoms with Gasteiger partial charge in [-0.2, -0.15) is 0 Å². The first-order valence-electron chi connectivity index (χ1n) is 18.5. The first-order valence-corrected chi connectivity index (χ1v) is 18.8. The lowest BCUT2D eigenvalue weighted by Gasteiger charge is -2.15. The Morgan fingerprint density at radius 3 is 1.74 bits per heavy atom. The number of nitrogens with zero attached hydrogens (tertiary/aromatic N) is 4. The van der Waals surface area contributed by atoms with Gasteiger partial charge in [-0.1, -0.05) is 41.9 Å². The van der Waals surface area contributed by atoms with Crippen LogP contribution in [0.2, 0.25) is 5.02 Å². The van der Waals surface area contributed by atoms with Crippen LogP contribution in [0.5, 0.6) is 0 Å². The standard InChI is InChI=1S/C24H24ClFN4O3.C18H24N4O2/c1-27-21-10-3-7-16(29-21)6-2-5-15-11-12-17(28-14-15)13-20(24(32)33)30-23(31)22-18(25)8-4-9-19(22)26;1-20-17-8-4-7-14(22-17)6-3-5-13-9-10-15(21-12-13)11-16(19)18(23)24-2/h3-4,7-12,14,20H,2,5-6,13H2,1H3,(H,27,29)(H,30,31)(H,32,33);4,7-10,12,16H,3,5-6,11,19H2,1-2H3,(H,20,22)/t20-;16-/m00/s1. The van der Waals surface area contributed by atoms with Crippen molar-refractivity contribution in [1.29, 1.82) is 0 Å². The smallest absolute Gasteiger partial charge is 0.326 e. The molecule has 13 nitrogen and oxygen atoms in total. The van der Waals surface area contributed by atoms with E-state index in [0.29, 0.717) is 12.1 Å². The summed E-state index contributed by atoms with van der Waals surface area (Å²) in [6, 6.07) is 21.3. The Balaban J connectivity index is 0.000000266. The highest BCUT2D eigenvalue weighted by Crippen LogP contribution is 2.19. The summed E-state index contributed by atoms with van der Waals surface area (Å²) in [4.78, 5) is 53.1. The van der Waals surface area contributed by atoms with Crippen LogP contribution in [0.4, 0.5) is 16.0 Å². The summed E-state index contributed by atoms with van der Waals surface area (Å²) in [5, 5.41) is 17.8. The van der Waals surface area contributed by atoms with E-state index >= 15 is 0 Å². The molecule has 0 saturated heterocycles. The Morgan fingerprint density at radius 1 is 0.754 bits per heavy atom. The fraction of sp³-hybridized carbons (Fsp3) is 0.310. The quantitative estimate of drug-likeness (QED) is 0.0686. The molecule has 1 aromatic carbocycles. The summed E-state index contributed by atoms with van der Waals surface area (Å²) in [5.41, 5.74) is 10.9. The second kappa shape index (κ2) is 22.5. The zero-order valence-corrected chi connectivity index (χ0v) is 32.9. The van der Waals surface area contributed by atoms with E-state index in [1.54, 1.807) is 12.3 Å². The predicted octanol–water partition coefficient (Wildman–Crippen LogP) is 5.65. The van der Waals surface area contributed by atoms with Crippen molar-refractivity contribution >= 4 is 41.1 Å². The number of nitrogens with two attached hydrogens (primary N) is 1. The van der Waals surface area contributed by atoms with Crippen LogP contribution in [-0.4, -0.2) is 76.2 Å². The first-order chi connectivity index (χ1) is 27.5. The molecular formula is C42H48ClFN8O5. The number of ether oxygens (including phenoxy) is 1. The lowest BCUT2D eigenvalue weighted by Crippen LogP contribution is -2.42. The minimum atomic E-state index is -1.28. The number of carbonyl (C=O) groups excluding carboxylic acids is 2. The molecule has 0 radical (unpaired) electrons. The number of hydrogen-bond donors (Lipinski definition) is 5. The van der Waals surface area contributed by atoms with Gasteiger partial charge in [0.15, 0.2) is 0 Å². The molecule has 6 N–H and O–H groups in total. The summed E-state index contributed by atoms with van der Waals surface area (Å²) in [6.45, 7) is 0. The molecule has 4 aromatic heterocycles. The summed E-state index contributed by atoms with van der Waals surface area (Å²) >= 11 is 5.89. The highest BCUT2D eigenvalue weighted by Gasteiger charge is 2.25. The average molecular weight is 799 g/mol. The van der Waals surface area contributed by atoms with E-state index < -0.39 is 35.7 Å². The van der Waals surface area contributed by atoms with Gasteiger partial charge in [0.1, 0.15) is 29.5 Å². The van der Waals surface area contributed by atoms with Crippen LogP contribution >= 0.6 is 11.6 Å². The van der Waals surface area contributed by atoms with Gasteiger partial charge in [0.25, 0.3) is 5.91 Å². The van der Waals surface area contributed by atoms with E-state index in [1.807, 2.05) is 74.9 Å². The van der Waals surface area contributed by atoms with Crippen LogP contribution in [0.1, 0.15) is 57.1 Å². The number of esters is 1. The zero-order valence-electron chi connectivity index (χ0n) is 32.2. The Morgan fingerprint density at radius 2 is 1.28 bits per heavy atom. The van der Waals surface area contributed by atoms with Gasteiger partial charge in [0.05, 0.1) is 17.7 Å². The number of nitrogens with one attached hydrogen (secondary N) is 3. The van der Waals surface area contributed by atoms with Crippen LogP contribution in [0.25, 0.3) is 0 Å². The topological polar surface area (TPSA) is 194 Å². The van der Waals surface area contributed by atoms with Crippen molar-refractivity contribution in [3.8, 4) is 0 Å². The molecule has 0 saturated carbocycles. The highest BCUT2D eigenvalue weighted by molar-refractivity contribution is 6.33. The van der Waals surface area contributed by atoms with Crippen molar-refractivity contribution in [2.75, 3.05) is 31.8 Å². The van der Waals surface area contributed by atoms with Crippen LogP contribution < -0.4 is 21.7 Å². The molecule has 0 aliphatic carbocycles. The first kappa shape index (κ1) is 43.7. The molecule has 2 atom stereocenters. The van der Waals surface area contributed by atoms with E-state index in [-0.39, 0.29) is 17.0 Å². The molecular weight excluding hydrogens is 751 g/mol. The molecule has 300 valence electrons. The molecule has 0 aliphatic heterocycles. The largest absolute Gasteiger partial charge is 0.480 e. The molecule has 0 aliphatic rings. The molecule has 1 amide bonds. The van der Waals surface area contributed by atoms with Gasteiger partial charge in [0.2, 0.25) is 0 Å². The van der Waals surface area contributed by atoms with E-state index in [2.05, 4.69) is 40.6 Å². The lowest BCUT2D eigenvalue weighted by atomic mass is 10.1. The minimum Gasteiger partial charge on any atom is -0.480 e. The van der Waals surface area contributed by atoms with E-state index in [4.69, 9.17) is 17.3 Å². The average Bonchev–Trinajstić information content (AvgIpc) is 3.21. The lowest BCUT2D eigenvalue weighted by molar-refractivity contribution is -0.142. The second-order valence-electron chi connectivity index (χ2n) is 13.0. The number of pyridine rings is 4. The number of aromatic nitrogens is 4. The molecule has 57 heavy (non-hydrogen) atoms. The van der Waals surface area contributed by atoms with Crippen LogP contribution in [-0.2, 0) is 52.9 Å². The molecule has 0 fully saturated rings. The summed E-state index contributed by atoms with van der Waals surface area (Å²) in [7, 11) is 5.03. The maximum absolute atomic E-state index is 14.0. The molecule has 0 bridgehead atoms. The van der Waals surface area contributed by atoms with Gasteiger partial charge in [-0.25, -0.2) is 19.2 Å². The number of benzene rings is 1. The third kappa shape index (κ3) is 14.2. The van der Waals surface area contributed by atoms with E-state index in [9.17, 15) is 23.9 Å². The molecule has 4 heterocycles. The van der Waals surface area contributed by atoms with Crippen molar-refractivity contribution in [3.63, 3.8) is 0 Å². The Bertz CT molecular complexity index is 2050. The minimum absolute atomic E-state index is 0.0475. The molecule has 5 aromatic rings. The van der Waals surface area contributed by atoms with Crippen molar-refractivity contribution in [2.24, 2.45) is 5.73 Å². The fourth-order valence-corrected chi connectivity index (χ4v) is 5.97. The van der Waals surface area contributed by atoms with Crippen LogP contribution in [0.15, 0.2) is 91.3 Å². The predicted molar refractivity (Wildman–Crippen MR) is 218 cm³/mol. The molecule has 0 unspecified atom stereocenters. The van der Waals surface area contributed by atoms with Crippen molar-refractivity contribution in [3.05, 3.63) is 142 Å². The van der Waals surface area contributed by atoms with Gasteiger partial charge < -0.3 is 31.5 Å². The normalized spacial score (nSPS) is 11.7. The third-order valence-electron chi connectivity index (χ3n) is 8.83. The van der Waals surface area contributed by atoms with Gasteiger partial charge in [-0.15, -0.1) is 0 Å². The number of halogens is 2. The van der Waals surface area contributed by atoms with Crippen molar-refractivity contribution in [1.82, 2.24) is 25.3 Å². The maximum atomic E-state index is 14.0. The highest BCUT2D eigenvalue weighted by atomic mass is 35.5. The fourth-order valence-electron chi connectivity index (χ4n) is 5.73. The number of carboxylic acid groups (broad SMARTS) is 1. The van der Waals surface area contributed by atoms with Crippen LogP contribution in [0, 0.1) is 5.82 Å². The second-order valence-corrected chi connectivity index (χ2v) is 13.5. The van der Waals surface area contributed by atoms with E-state index in [0.717, 1.165) is 84.4 Å². The van der Waals surface area contributed by atoms with Gasteiger partial charge in [-0.3, -0.25) is 19.6 Å². The third-order valence-corrected chi connectivity index (χ3v) is 9.15. The number of hydrogen-bond acceptors (Lipinski definition) is 11. The van der Waals surface area contributed by atoms with Gasteiger partial charge in [-0.05, 0) is 98.2 Å². The number of carbonyl (C=O) groups is 3. The Hall–Kier alpha value is -5.99. The van der Waals surface area contributed by atoms with Gasteiger partial charge in [0, 0.05) is 62.1 Å². The molecule has 0 spiro atoms. The number of carboxylic acids is 1. The van der Waals surface area contributed by atoms with Crippen molar-refractivity contribution in [2.45, 2.75) is 63.5 Å². The summed E-state index contributed by atoms with van der Waals surface area (Å²) < 4.78 is 18.6. The molecule has 15 heteroatoms. The zero-order chi connectivity index (χ0) is 41.2. The Kier molecular flexibility index (Phi) is 17.3. The maximum Gasteiger partial charge on any atom is 0.326 e. The number of methoxy groups -OCH3 is 1. The summed E-state index contributed by atoms with van der Waals surface area (Å²) in [6.07, 6.45) is 9.24. The molecule has 5 rings (SSSR count).